The molecule has 0 unspecified atom stereocenters. The standard InChI is InChI=1S/C25H23N5O5/c1-2-34-21-10-6-19(7-11-21)24(31)28-13-15-29(16-14-28)25-22(17-26)27-23(35-25)12-5-18-3-8-20(9-4-18)30(32)33/h3-12H,2,13-16H2,1H3/b12-5+. The highest BCUT2D eigenvalue weighted by atomic mass is 16.6. The Balaban J connectivity index is 1.40. The Hall–Kier alpha value is -4.65. The second-order valence-electron chi connectivity index (χ2n) is 7.74. The molecule has 0 atom stereocenters. The average molecular weight is 473 g/mol. The number of hydrogen-bond acceptors (Lipinski definition) is 8. The smallest absolute Gasteiger partial charge is 0.269 e. The second-order valence-corrected chi connectivity index (χ2v) is 7.74. The minimum absolute atomic E-state index is 0.00692. The number of carbonyl (C=O) groups is 1. The highest BCUT2D eigenvalue weighted by molar-refractivity contribution is 5.94. The fourth-order valence-electron chi connectivity index (χ4n) is 3.72. The van der Waals surface area contributed by atoms with Crippen LogP contribution in [0.5, 0.6) is 5.75 Å². The lowest BCUT2D eigenvalue weighted by Crippen LogP contribution is -2.48. The Morgan fingerprint density at radius 3 is 2.43 bits per heavy atom. The van der Waals surface area contributed by atoms with Crippen LogP contribution < -0.4 is 9.64 Å². The third-order valence-electron chi connectivity index (χ3n) is 5.52. The fraction of sp³-hybridized carbons (Fsp3) is 0.240. The number of carbonyl (C=O) groups excluding carboxylic acids is 1. The summed E-state index contributed by atoms with van der Waals surface area (Å²) in [7, 11) is 0. The van der Waals surface area contributed by atoms with Crippen LogP contribution in [0.3, 0.4) is 0 Å². The molecule has 2 heterocycles. The van der Waals surface area contributed by atoms with Gasteiger partial charge >= 0.3 is 0 Å². The predicted molar refractivity (Wildman–Crippen MR) is 129 cm³/mol. The molecule has 0 saturated carbocycles. The van der Waals surface area contributed by atoms with Crippen molar-refractivity contribution in [3.63, 3.8) is 0 Å². The Labute approximate surface area is 201 Å². The lowest BCUT2D eigenvalue weighted by molar-refractivity contribution is -0.384. The Bertz CT molecular complexity index is 1270. The number of ether oxygens (including phenoxy) is 1. The van der Waals surface area contributed by atoms with E-state index in [1.54, 1.807) is 53.5 Å². The average Bonchev–Trinajstić information content (AvgIpc) is 3.31. The first-order valence-electron chi connectivity index (χ1n) is 11.1. The van der Waals surface area contributed by atoms with Crippen molar-refractivity contribution in [3.05, 3.63) is 81.4 Å². The number of non-ortho nitro benzene ring substituents is 1. The van der Waals surface area contributed by atoms with E-state index in [9.17, 15) is 20.2 Å². The van der Waals surface area contributed by atoms with E-state index in [2.05, 4.69) is 11.1 Å². The van der Waals surface area contributed by atoms with Crippen molar-refractivity contribution >= 4 is 29.6 Å². The molecular formula is C25H23N5O5. The van der Waals surface area contributed by atoms with Gasteiger partial charge in [-0.25, -0.2) is 0 Å². The predicted octanol–water partition coefficient (Wildman–Crippen LogP) is 3.99. The zero-order chi connectivity index (χ0) is 24.8. The van der Waals surface area contributed by atoms with Crippen molar-refractivity contribution in [3.8, 4) is 11.8 Å². The summed E-state index contributed by atoms with van der Waals surface area (Å²) in [5.41, 5.74) is 1.50. The molecule has 0 radical (unpaired) electrons. The van der Waals surface area contributed by atoms with Crippen LogP contribution in [0.15, 0.2) is 52.9 Å². The number of oxazole rings is 1. The van der Waals surface area contributed by atoms with Crippen LogP contribution in [0.4, 0.5) is 11.6 Å². The molecule has 10 nitrogen and oxygen atoms in total. The van der Waals surface area contributed by atoms with E-state index in [0.717, 1.165) is 11.3 Å². The number of hydrogen-bond donors (Lipinski definition) is 0. The molecule has 2 aromatic carbocycles. The van der Waals surface area contributed by atoms with Crippen molar-refractivity contribution in [2.24, 2.45) is 0 Å². The summed E-state index contributed by atoms with van der Waals surface area (Å²) in [5, 5.41) is 20.3. The maximum Gasteiger partial charge on any atom is 0.269 e. The van der Waals surface area contributed by atoms with Crippen LogP contribution >= 0.6 is 0 Å². The summed E-state index contributed by atoms with van der Waals surface area (Å²) in [4.78, 5) is 31.1. The zero-order valence-electron chi connectivity index (χ0n) is 19.1. The Morgan fingerprint density at radius 2 is 1.83 bits per heavy atom. The van der Waals surface area contributed by atoms with E-state index < -0.39 is 4.92 Å². The number of nitrogens with zero attached hydrogens (tertiary/aromatic N) is 5. The van der Waals surface area contributed by atoms with E-state index in [4.69, 9.17) is 9.15 Å². The van der Waals surface area contributed by atoms with Gasteiger partial charge in [0, 0.05) is 50.0 Å². The quantitative estimate of drug-likeness (QED) is 0.372. The summed E-state index contributed by atoms with van der Waals surface area (Å²) >= 11 is 0. The SMILES string of the molecule is CCOc1ccc(C(=O)N2CCN(c3oc(/C=C/c4ccc([N+](=O)[O-])cc4)nc3C#N)CC2)cc1. The molecule has 1 aliphatic heterocycles. The number of nitro benzene ring substituents is 1. The van der Waals surface area contributed by atoms with E-state index in [1.807, 2.05) is 11.8 Å². The first kappa shape index (κ1) is 23.5. The van der Waals surface area contributed by atoms with Gasteiger partial charge in [-0.05, 0) is 55.0 Å². The molecule has 1 fully saturated rings. The number of nitro groups is 1. The highest BCUT2D eigenvalue weighted by Gasteiger charge is 2.26. The van der Waals surface area contributed by atoms with E-state index in [1.165, 1.54) is 12.1 Å². The summed E-state index contributed by atoms with van der Waals surface area (Å²) in [6.07, 6.45) is 3.31. The first-order chi connectivity index (χ1) is 17.0. The molecule has 35 heavy (non-hydrogen) atoms. The number of aromatic nitrogens is 1. The fourth-order valence-corrected chi connectivity index (χ4v) is 3.72. The van der Waals surface area contributed by atoms with Gasteiger partial charge in [0.15, 0.2) is 0 Å². The summed E-state index contributed by atoms with van der Waals surface area (Å²) in [6, 6.07) is 15.2. The summed E-state index contributed by atoms with van der Waals surface area (Å²) < 4.78 is 11.3. The van der Waals surface area contributed by atoms with E-state index in [-0.39, 0.29) is 23.2 Å². The topological polar surface area (TPSA) is 126 Å². The van der Waals surface area contributed by atoms with E-state index in [0.29, 0.717) is 44.2 Å². The third-order valence-corrected chi connectivity index (χ3v) is 5.52. The first-order valence-corrected chi connectivity index (χ1v) is 11.1. The molecule has 0 spiro atoms. The maximum atomic E-state index is 12.8. The number of piperazine rings is 1. The largest absolute Gasteiger partial charge is 0.494 e. The van der Waals surface area contributed by atoms with Gasteiger partial charge in [0.2, 0.25) is 17.5 Å². The monoisotopic (exact) mass is 473 g/mol. The van der Waals surface area contributed by atoms with Gasteiger partial charge in [-0.3, -0.25) is 14.9 Å². The van der Waals surface area contributed by atoms with Crippen LogP contribution in [-0.2, 0) is 0 Å². The van der Waals surface area contributed by atoms with Crippen molar-refractivity contribution in [2.45, 2.75) is 6.92 Å². The number of anilines is 1. The van der Waals surface area contributed by atoms with Crippen molar-refractivity contribution in [2.75, 3.05) is 37.7 Å². The van der Waals surface area contributed by atoms with Crippen molar-refractivity contribution in [1.82, 2.24) is 9.88 Å². The molecule has 1 saturated heterocycles. The molecule has 1 aromatic heterocycles. The zero-order valence-corrected chi connectivity index (χ0v) is 19.1. The molecule has 0 N–H and O–H groups in total. The van der Waals surface area contributed by atoms with Crippen LogP contribution in [0, 0.1) is 21.4 Å². The van der Waals surface area contributed by atoms with Gasteiger partial charge < -0.3 is 19.0 Å². The van der Waals surface area contributed by atoms with Crippen LogP contribution in [0.25, 0.3) is 12.2 Å². The highest BCUT2D eigenvalue weighted by Crippen LogP contribution is 2.25. The van der Waals surface area contributed by atoms with Crippen LogP contribution in [-0.4, -0.2) is 53.5 Å². The van der Waals surface area contributed by atoms with Crippen LogP contribution in [0.1, 0.15) is 34.4 Å². The van der Waals surface area contributed by atoms with Gasteiger partial charge in [0.25, 0.3) is 11.6 Å². The van der Waals surface area contributed by atoms with Crippen molar-refractivity contribution in [1.29, 1.82) is 5.26 Å². The normalized spacial score (nSPS) is 13.6. The van der Waals surface area contributed by atoms with Gasteiger partial charge in [0.1, 0.15) is 11.8 Å². The van der Waals surface area contributed by atoms with Gasteiger partial charge in [-0.1, -0.05) is 0 Å². The molecule has 1 aliphatic rings. The molecular weight excluding hydrogens is 450 g/mol. The molecule has 1 amide bonds. The molecule has 178 valence electrons. The third kappa shape index (κ3) is 5.47. The Morgan fingerprint density at radius 1 is 1.14 bits per heavy atom. The van der Waals surface area contributed by atoms with Gasteiger partial charge in [0.05, 0.1) is 11.5 Å². The number of amides is 1. The van der Waals surface area contributed by atoms with Crippen LogP contribution in [0.2, 0.25) is 0 Å². The minimum Gasteiger partial charge on any atom is -0.494 e. The number of rotatable bonds is 7. The van der Waals surface area contributed by atoms with Gasteiger partial charge in [-0.15, -0.1) is 0 Å². The molecule has 4 rings (SSSR count). The summed E-state index contributed by atoms with van der Waals surface area (Å²) in [6.45, 7) is 4.42. The second kappa shape index (κ2) is 10.5. The molecule has 0 bridgehead atoms. The molecule has 0 aliphatic carbocycles. The molecule has 3 aromatic rings. The lowest BCUT2D eigenvalue weighted by atomic mass is 10.1. The van der Waals surface area contributed by atoms with E-state index >= 15 is 0 Å². The minimum atomic E-state index is -0.460. The lowest BCUT2D eigenvalue weighted by Gasteiger charge is -2.34. The number of nitriles is 1. The van der Waals surface area contributed by atoms with Gasteiger partial charge in [-0.2, -0.15) is 10.2 Å². The Kier molecular flexibility index (Phi) is 7.07. The maximum absolute atomic E-state index is 12.8. The van der Waals surface area contributed by atoms with Crippen molar-refractivity contribution < 1.29 is 18.9 Å². The number of benzene rings is 2. The summed E-state index contributed by atoms with van der Waals surface area (Å²) in [5.74, 6) is 1.28. The molecule has 10 heteroatoms.